The molecule has 42 heavy (non-hydrogen) atoms. The highest BCUT2D eigenvalue weighted by atomic mass is 79.9. The summed E-state index contributed by atoms with van der Waals surface area (Å²) < 4.78 is 59.5. The number of methoxy groups -OCH3 is 2. The van der Waals surface area contributed by atoms with Crippen LogP contribution in [0.4, 0.5) is 13.2 Å². The number of benzene rings is 4. The average molecular weight is 638 g/mol. The number of rotatable bonds is 8. The maximum atomic E-state index is 13.5. The van der Waals surface area contributed by atoms with Gasteiger partial charge in [-0.15, -0.1) is 0 Å². The fourth-order valence-electron chi connectivity index (χ4n) is 4.23. The lowest BCUT2D eigenvalue weighted by Gasteiger charge is -2.15. The van der Waals surface area contributed by atoms with Crippen LogP contribution < -0.4 is 19.8 Å². The van der Waals surface area contributed by atoms with Crippen LogP contribution in [0.5, 0.6) is 17.2 Å². The highest BCUT2D eigenvalue weighted by Gasteiger charge is 2.31. The van der Waals surface area contributed by atoms with E-state index in [-0.39, 0.29) is 23.4 Å². The molecule has 1 heterocycles. The molecule has 5 aromatic rings. The Kier molecular flexibility index (Phi) is 8.30. The molecule has 0 aliphatic heterocycles. The number of fused-ring (bicyclic) bond motifs is 1. The SMILES string of the molecule is COc1cc(C=Nn2c(-c3cccc(C(F)(F)F)c3)nc3ccccc3c2=O)cc(OC)c1OCc1ccc(Br)cc1. The number of nitrogens with zero attached hydrogens (tertiary/aromatic N) is 3. The van der Waals surface area contributed by atoms with Crippen LogP contribution in [-0.4, -0.2) is 30.1 Å². The van der Waals surface area contributed by atoms with Gasteiger partial charge in [-0.25, -0.2) is 4.98 Å². The van der Waals surface area contributed by atoms with E-state index < -0.39 is 17.3 Å². The van der Waals surface area contributed by atoms with Crippen molar-refractivity contribution in [3.8, 4) is 28.6 Å². The van der Waals surface area contributed by atoms with Gasteiger partial charge in [-0.3, -0.25) is 4.79 Å². The van der Waals surface area contributed by atoms with E-state index in [0.717, 1.165) is 26.8 Å². The first-order valence-corrected chi connectivity index (χ1v) is 13.3. The minimum atomic E-state index is -4.57. The summed E-state index contributed by atoms with van der Waals surface area (Å²) in [7, 11) is 2.96. The Morgan fingerprint density at radius 2 is 1.62 bits per heavy atom. The van der Waals surface area contributed by atoms with E-state index in [1.54, 1.807) is 36.4 Å². The number of ether oxygens (including phenoxy) is 3. The lowest BCUT2D eigenvalue weighted by atomic mass is 10.1. The van der Waals surface area contributed by atoms with E-state index in [2.05, 4.69) is 26.0 Å². The number of hydrogen-bond donors (Lipinski definition) is 0. The van der Waals surface area contributed by atoms with Crippen molar-refractivity contribution in [2.24, 2.45) is 5.10 Å². The summed E-state index contributed by atoms with van der Waals surface area (Å²) in [5.41, 5.74) is 0.408. The molecule has 0 bridgehead atoms. The van der Waals surface area contributed by atoms with E-state index in [1.165, 1.54) is 32.6 Å². The lowest BCUT2D eigenvalue weighted by molar-refractivity contribution is -0.137. The van der Waals surface area contributed by atoms with Gasteiger partial charge in [0.25, 0.3) is 5.56 Å². The Morgan fingerprint density at radius 3 is 2.29 bits per heavy atom. The van der Waals surface area contributed by atoms with Crippen molar-refractivity contribution in [1.29, 1.82) is 0 Å². The molecular weight excluding hydrogens is 615 g/mol. The van der Waals surface area contributed by atoms with Gasteiger partial charge in [0.2, 0.25) is 5.75 Å². The molecule has 0 fully saturated rings. The summed E-state index contributed by atoms with van der Waals surface area (Å²) in [5.74, 6) is 1.04. The van der Waals surface area contributed by atoms with E-state index >= 15 is 0 Å². The third kappa shape index (κ3) is 6.15. The molecule has 1 aromatic heterocycles. The van der Waals surface area contributed by atoms with Gasteiger partial charge in [-0.2, -0.15) is 22.9 Å². The molecule has 0 aliphatic carbocycles. The van der Waals surface area contributed by atoms with Gasteiger partial charge in [0.05, 0.1) is 36.9 Å². The number of aromatic nitrogens is 2. The van der Waals surface area contributed by atoms with Crippen LogP contribution in [0.25, 0.3) is 22.3 Å². The lowest BCUT2D eigenvalue weighted by Crippen LogP contribution is -2.20. The predicted octanol–water partition coefficient (Wildman–Crippen LogP) is 7.32. The van der Waals surface area contributed by atoms with E-state index in [1.807, 2.05) is 24.3 Å². The van der Waals surface area contributed by atoms with Crippen LogP contribution in [0.3, 0.4) is 0 Å². The fourth-order valence-corrected chi connectivity index (χ4v) is 4.49. The molecule has 0 saturated heterocycles. The van der Waals surface area contributed by atoms with E-state index in [0.29, 0.717) is 28.3 Å². The summed E-state index contributed by atoms with van der Waals surface area (Å²) in [6.45, 7) is 0.256. The topological polar surface area (TPSA) is 74.9 Å². The van der Waals surface area contributed by atoms with E-state index in [4.69, 9.17) is 14.2 Å². The Hall–Kier alpha value is -4.64. The molecule has 0 radical (unpaired) electrons. The van der Waals surface area contributed by atoms with Crippen molar-refractivity contribution < 1.29 is 27.4 Å². The van der Waals surface area contributed by atoms with Gasteiger partial charge in [0.15, 0.2) is 17.3 Å². The second-order valence-electron chi connectivity index (χ2n) is 9.06. The summed E-state index contributed by atoms with van der Waals surface area (Å²) in [4.78, 5) is 18.0. The number of hydrogen-bond acceptors (Lipinski definition) is 6. The molecule has 0 aliphatic rings. The summed E-state index contributed by atoms with van der Waals surface area (Å²) in [6, 6.07) is 22.1. The van der Waals surface area contributed by atoms with Gasteiger partial charge in [-0.1, -0.05) is 52.3 Å². The largest absolute Gasteiger partial charge is 0.493 e. The average Bonchev–Trinajstić information content (AvgIpc) is 2.99. The zero-order valence-electron chi connectivity index (χ0n) is 22.4. The zero-order valence-corrected chi connectivity index (χ0v) is 23.9. The van der Waals surface area contributed by atoms with E-state index in [9.17, 15) is 18.0 Å². The van der Waals surface area contributed by atoms with Crippen LogP contribution in [0, 0.1) is 0 Å². The first-order valence-electron chi connectivity index (χ1n) is 12.5. The third-order valence-corrected chi connectivity index (χ3v) is 6.83. The van der Waals surface area contributed by atoms with Crippen molar-refractivity contribution in [3.63, 3.8) is 0 Å². The Morgan fingerprint density at radius 1 is 0.929 bits per heavy atom. The first-order chi connectivity index (χ1) is 20.2. The number of alkyl halides is 3. The molecule has 0 amide bonds. The van der Waals surface area contributed by atoms with Crippen LogP contribution in [0.15, 0.2) is 99.3 Å². The molecule has 214 valence electrons. The fraction of sp³-hybridized carbons (Fsp3) is 0.129. The Balaban J connectivity index is 1.56. The standard InChI is InChI=1S/C31H23BrF3N3O4/c1-40-26-14-20(15-27(41-2)28(26)42-18-19-10-12-23(32)13-11-19)17-36-38-29(21-6-5-7-22(16-21)31(33,34)35)37-25-9-4-3-8-24(25)30(38)39/h3-17H,18H2,1-2H3. The second kappa shape index (κ2) is 12.1. The monoisotopic (exact) mass is 637 g/mol. The maximum Gasteiger partial charge on any atom is 0.416 e. The van der Waals surface area contributed by atoms with Gasteiger partial charge in [0, 0.05) is 15.6 Å². The second-order valence-corrected chi connectivity index (χ2v) is 9.98. The smallest absolute Gasteiger partial charge is 0.416 e. The molecule has 0 saturated carbocycles. The summed E-state index contributed by atoms with van der Waals surface area (Å²) in [5, 5.41) is 4.62. The zero-order chi connectivity index (χ0) is 29.9. The molecule has 0 atom stereocenters. The normalized spacial score (nSPS) is 11.7. The minimum Gasteiger partial charge on any atom is -0.493 e. The van der Waals surface area contributed by atoms with Crippen molar-refractivity contribution in [3.05, 3.63) is 116 Å². The maximum absolute atomic E-state index is 13.5. The Labute approximate surface area is 246 Å². The highest BCUT2D eigenvalue weighted by molar-refractivity contribution is 9.10. The Bertz CT molecular complexity index is 1810. The van der Waals surface area contributed by atoms with Crippen molar-refractivity contribution >= 4 is 33.0 Å². The molecule has 7 nitrogen and oxygen atoms in total. The molecule has 11 heteroatoms. The quantitative estimate of drug-likeness (QED) is 0.167. The molecule has 0 N–H and O–H groups in total. The van der Waals surface area contributed by atoms with Crippen LogP contribution in [0.2, 0.25) is 0 Å². The number of para-hydroxylation sites is 1. The van der Waals surface area contributed by atoms with Crippen molar-refractivity contribution in [1.82, 2.24) is 9.66 Å². The van der Waals surface area contributed by atoms with Crippen LogP contribution >= 0.6 is 15.9 Å². The molecule has 4 aromatic carbocycles. The van der Waals surface area contributed by atoms with Gasteiger partial charge in [0.1, 0.15) is 6.61 Å². The predicted molar refractivity (Wildman–Crippen MR) is 157 cm³/mol. The number of halogens is 4. The summed E-state index contributed by atoms with van der Waals surface area (Å²) in [6.07, 6.45) is -3.20. The van der Waals surface area contributed by atoms with Gasteiger partial charge >= 0.3 is 6.18 Å². The highest BCUT2D eigenvalue weighted by Crippen LogP contribution is 2.39. The molecule has 0 spiro atoms. The third-order valence-electron chi connectivity index (χ3n) is 6.30. The van der Waals surface area contributed by atoms with Crippen molar-refractivity contribution in [2.45, 2.75) is 12.8 Å². The molecule has 0 unspecified atom stereocenters. The summed E-state index contributed by atoms with van der Waals surface area (Å²) >= 11 is 3.41. The molecular formula is C31H23BrF3N3O4. The van der Waals surface area contributed by atoms with Crippen molar-refractivity contribution in [2.75, 3.05) is 14.2 Å². The van der Waals surface area contributed by atoms with Crippen LogP contribution in [0.1, 0.15) is 16.7 Å². The minimum absolute atomic E-state index is 0.0468. The van der Waals surface area contributed by atoms with Crippen LogP contribution in [-0.2, 0) is 12.8 Å². The first kappa shape index (κ1) is 28.9. The van der Waals surface area contributed by atoms with Gasteiger partial charge < -0.3 is 14.2 Å². The van der Waals surface area contributed by atoms with Gasteiger partial charge in [-0.05, 0) is 54.1 Å². The molecule has 5 rings (SSSR count).